The number of rotatable bonds is 9. The van der Waals surface area contributed by atoms with E-state index in [-0.39, 0.29) is 18.3 Å². The third-order valence-electron chi connectivity index (χ3n) is 5.02. The number of methoxy groups -OCH3 is 1. The van der Waals surface area contributed by atoms with Crippen LogP contribution in [0.15, 0.2) is 60.9 Å². The summed E-state index contributed by atoms with van der Waals surface area (Å²) in [7, 11) is 1.51. The van der Waals surface area contributed by atoms with E-state index in [1.807, 2.05) is 43.3 Å². The zero-order valence-electron chi connectivity index (χ0n) is 19.0. The fourth-order valence-corrected chi connectivity index (χ4v) is 3.78. The number of carbonyl (C=O) groups is 1. The molecule has 0 spiro atoms. The topological polar surface area (TPSA) is 106 Å². The highest BCUT2D eigenvalue weighted by molar-refractivity contribution is 7.71. The molecule has 3 N–H and O–H groups in total. The number of nitrogens with zero attached hydrogens (tertiary/aromatic N) is 3. The quantitative estimate of drug-likeness (QED) is 0.279. The van der Waals surface area contributed by atoms with Gasteiger partial charge in [-0.1, -0.05) is 29.3 Å². The molecule has 2 aromatic heterocycles. The standard InChI is InChI=1S/C24H23ClN6O3S/c1-15-3-5-18(6-4-15)28-21(32)14-34-22-19(25)11-16(12-20(22)33-2)13-27-31-23(29-30-24(31)35)17-7-9-26-10-8-17/h3-12,27H,13-14H2,1-2H3,(H,28,32)(H,30,35). The molecule has 0 atom stereocenters. The second-order valence-corrected chi connectivity index (χ2v) is 8.36. The first-order valence-electron chi connectivity index (χ1n) is 10.6. The molecule has 4 aromatic rings. The monoisotopic (exact) mass is 510 g/mol. The van der Waals surface area contributed by atoms with Crippen LogP contribution in [0, 0.1) is 11.7 Å². The number of halogens is 1. The minimum atomic E-state index is -0.310. The number of H-pyrrole nitrogens is 1. The highest BCUT2D eigenvalue weighted by atomic mass is 35.5. The summed E-state index contributed by atoms with van der Waals surface area (Å²) in [6, 6.07) is 14.7. The van der Waals surface area contributed by atoms with Gasteiger partial charge in [-0.25, -0.2) is 9.77 Å². The molecule has 0 unspecified atom stereocenters. The van der Waals surface area contributed by atoms with E-state index in [0.717, 1.165) is 16.7 Å². The van der Waals surface area contributed by atoms with E-state index < -0.39 is 0 Å². The fourth-order valence-electron chi connectivity index (χ4n) is 3.30. The maximum absolute atomic E-state index is 12.3. The lowest BCUT2D eigenvalue weighted by molar-refractivity contribution is -0.118. The smallest absolute Gasteiger partial charge is 0.262 e. The highest BCUT2D eigenvalue weighted by Gasteiger charge is 2.15. The number of anilines is 1. The summed E-state index contributed by atoms with van der Waals surface area (Å²) in [6.07, 6.45) is 3.36. The molecule has 2 heterocycles. The van der Waals surface area contributed by atoms with E-state index in [9.17, 15) is 4.79 Å². The molecule has 4 rings (SSSR count). The first kappa shape index (κ1) is 24.2. The molecule has 0 saturated carbocycles. The number of ether oxygens (including phenoxy) is 2. The molecule has 0 radical (unpaired) electrons. The zero-order valence-corrected chi connectivity index (χ0v) is 20.6. The number of aromatic amines is 1. The predicted octanol–water partition coefficient (Wildman–Crippen LogP) is 4.73. The molecule has 0 fully saturated rings. The van der Waals surface area contributed by atoms with Gasteiger partial charge in [-0.2, -0.15) is 5.10 Å². The van der Waals surface area contributed by atoms with Crippen LogP contribution in [-0.2, 0) is 11.3 Å². The number of aromatic nitrogens is 4. The second-order valence-electron chi connectivity index (χ2n) is 7.57. The van der Waals surface area contributed by atoms with Gasteiger partial charge >= 0.3 is 0 Å². The second kappa shape index (κ2) is 11.0. The van der Waals surface area contributed by atoms with Crippen molar-refractivity contribution >= 4 is 35.4 Å². The molecule has 11 heteroatoms. The number of benzene rings is 2. The SMILES string of the molecule is COc1cc(CNn2c(-c3ccncc3)n[nH]c2=S)cc(Cl)c1OCC(=O)Nc1ccc(C)cc1. The van der Waals surface area contributed by atoms with Gasteiger partial charge < -0.3 is 20.2 Å². The Balaban J connectivity index is 1.44. The van der Waals surface area contributed by atoms with Crippen molar-refractivity contribution in [2.45, 2.75) is 13.5 Å². The lowest BCUT2D eigenvalue weighted by atomic mass is 10.2. The Labute approximate surface area is 212 Å². The van der Waals surface area contributed by atoms with E-state index in [1.165, 1.54) is 7.11 Å². The van der Waals surface area contributed by atoms with Crippen molar-refractivity contribution in [2.75, 3.05) is 24.5 Å². The average Bonchev–Trinajstić information content (AvgIpc) is 3.23. The van der Waals surface area contributed by atoms with Crippen molar-refractivity contribution in [1.82, 2.24) is 19.9 Å². The number of nitrogens with one attached hydrogen (secondary N) is 3. The van der Waals surface area contributed by atoms with Gasteiger partial charge in [-0.15, -0.1) is 0 Å². The summed E-state index contributed by atoms with van der Waals surface area (Å²) in [5, 5.41) is 10.2. The minimum Gasteiger partial charge on any atom is -0.493 e. The minimum absolute atomic E-state index is 0.221. The maximum Gasteiger partial charge on any atom is 0.262 e. The number of pyridine rings is 1. The third kappa shape index (κ3) is 5.97. The molecule has 180 valence electrons. The summed E-state index contributed by atoms with van der Waals surface area (Å²) in [5.41, 5.74) is 6.69. The van der Waals surface area contributed by atoms with Gasteiger partial charge in [-0.3, -0.25) is 9.78 Å². The van der Waals surface area contributed by atoms with E-state index in [4.69, 9.17) is 33.3 Å². The number of carbonyl (C=O) groups excluding carboxylic acids is 1. The van der Waals surface area contributed by atoms with E-state index in [0.29, 0.717) is 33.6 Å². The van der Waals surface area contributed by atoms with Gasteiger partial charge in [0.2, 0.25) is 4.77 Å². The number of aryl methyl sites for hydroxylation is 1. The van der Waals surface area contributed by atoms with Crippen LogP contribution in [0.2, 0.25) is 5.02 Å². The van der Waals surface area contributed by atoms with E-state index >= 15 is 0 Å². The number of amides is 1. The van der Waals surface area contributed by atoms with Crippen LogP contribution < -0.4 is 20.2 Å². The largest absolute Gasteiger partial charge is 0.493 e. The fraction of sp³-hybridized carbons (Fsp3) is 0.167. The van der Waals surface area contributed by atoms with Gasteiger partial charge in [0.05, 0.1) is 18.7 Å². The Morgan fingerprint density at radius 3 is 2.63 bits per heavy atom. The number of hydrogen-bond donors (Lipinski definition) is 3. The van der Waals surface area contributed by atoms with Gasteiger partial charge in [0, 0.05) is 23.6 Å². The first-order chi connectivity index (χ1) is 16.9. The van der Waals surface area contributed by atoms with Crippen molar-refractivity contribution in [1.29, 1.82) is 0 Å². The molecule has 0 saturated heterocycles. The van der Waals surface area contributed by atoms with Gasteiger partial charge in [0.25, 0.3) is 5.91 Å². The lowest BCUT2D eigenvalue weighted by Crippen LogP contribution is -2.20. The summed E-state index contributed by atoms with van der Waals surface area (Å²) in [4.78, 5) is 16.3. The Bertz CT molecular complexity index is 1370. The molecule has 0 aliphatic carbocycles. The normalized spacial score (nSPS) is 10.6. The van der Waals surface area contributed by atoms with Crippen molar-refractivity contribution in [3.63, 3.8) is 0 Å². The molecular formula is C24H23ClN6O3S. The Morgan fingerprint density at radius 1 is 1.17 bits per heavy atom. The first-order valence-corrected chi connectivity index (χ1v) is 11.4. The van der Waals surface area contributed by atoms with Crippen molar-refractivity contribution in [2.24, 2.45) is 0 Å². The Kier molecular flexibility index (Phi) is 7.64. The molecule has 0 bridgehead atoms. The summed E-state index contributed by atoms with van der Waals surface area (Å²) in [6.45, 7) is 2.13. The van der Waals surface area contributed by atoms with Crippen LogP contribution in [0.5, 0.6) is 11.5 Å². The molecule has 0 aliphatic heterocycles. The van der Waals surface area contributed by atoms with E-state index in [2.05, 4.69) is 25.9 Å². The van der Waals surface area contributed by atoms with Crippen LogP contribution in [0.25, 0.3) is 11.4 Å². The average molecular weight is 511 g/mol. The maximum atomic E-state index is 12.3. The summed E-state index contributed by atoms with van der Waals surface area (Å²) < 4.78 is 13.2. The van der Waals surface area contributed by atoms with Crippen LogP contribution in [0.3, 0.4) is 0 Å². The Hall–Kier alpha value is -3.89. The Morgan fingerprint density at radius 2 is 1.91 bits per heavy atom. The van der Waals surface area contributed by atoms with Crippen LogP contribution >= 0.6 is 23.8 Å². The van der Waals surface area contributed by atoms with Gasteiger partial charge in [0.15, 0.2) is 23.9 Å². The highest BCUT2D eigenvalue weighted by Crippen LogP contribution is 2.36. The van der Waals surface area contributed by atoms with Crippen molar-refractivity contribution in [3.8, 4) is 22.9 Å². The summed E-state index contributed by atoms with van der Waals surface area (Å²) >= 11 is 11.8. The predicted molar refractivity (Wildman–Crippen MR) is 137 cm³/mol. The van der Waals surface area contributed by atoms with E-state index in [1.54, 1.807) is 29.2 Å². The van der Waals surface area contributed by atoms with Crippen LogP contribution in [0.4, 0.5) is 5.69 Å². The van der Waals surface area contributed by atoms with Crippen molar-refractivity contribution < 1.29 is 14.3 Å². The molecular weight excluding hydrogens is 488 g/mol. The molecule has 9 nitrogen and oxygen atoms in total. The molecule has 0 aliphatic rings. The van der Waals surface area contributed by atoms with Crippen LogP contribution in [0.1, 0.15) is 11.1 Å². The molecule has 1 amide bonds. The molecule has 2 aromatic carbocycles. The van der Waals surface area contributed by atoms with Crippen LogP contribution in [-0.4, -0.2) is 39.5 Å². The molecule has 35 heavy (non-hydrogen) atoms. The van der Waals surface area contributed by atoms with Gasteiger partial charge in [-0.05, 0) is 61.1 Å². The number of hydrogen-bond acceptors (Lipinski definition) is 7. The van der Waals surface area contributed by atoms with Crippen molar-refractivity contribution in [3.05, 3.63) is 81.8 Å². The lowest BCUT2D eigenvalue weighted by Gasteiger charge is -2.15. The third-order valence-corrected chi connectivity index (χ3v) is 5.58. The summed E-state index contributed by atoms with van der Waals surface area (Å²) in [5.74, 6) is 1.00. The zero-order chi connectivity index (χ0) is 24.8. The van der Waals surface area contributed by atoms with Gasteiger partial charge in [0.1, 0.15) is 0 Å².